The maximum Gasteiger partial charge on any atom is 0.256 e. The molecule has 2 aromatic carbocycles. The van der Waals surface area contributed by atoms with Crippen molar-refractivity contribution in [3.05, 3.63) is 77.1 Å². The summed E-state index contributed by atoms with van der Waals surface area (Å²) in [5.41, 5.74) is 3.41. The van der Waals surface area contributed by atoms with Crippen LogP contribution in [-0.2, 0) is 0 Å². The lowest BCUT2D eigenvalue weighted by Gasteiger charge is -2.11. The molecule has 0 spiro atoms. The summed E-state index contributed by atoms with van der Waals surface area (Å²) in [6, 6.07) is 14.8. The molecule has 0 unspecified atom stereocenters. The van der Waals surface area contributed by atoms with Gasteiger partial charge in [0.05, 0.1) is 0 Å². The number of para-hydroxylation sites is 1. The molecule has 3 rings (SSSR count). The topological polar surface area (TPSA) is 66.9 Å². The molecule has 0 atom stereocenters. The van der Waals surface area contributed by atoms with E-state index >= 15 is 0 Å². The van der Waals surface area contributed by atoms with E-state index in [2.05, 4.69) is 20.8 Å². The molecule has 0 aliphatic carbocycles. The average Bonchev–Trinajstić information content (AvgIpc) is 2.60. The number of carbonyl (C=O) groups excluding carboxylic acids is 1. The van der Waals surface area contributed by atoms with Crippen molar-refractivity contribution < 1.29 is 9.18 Å². The van der Waals surface area contributed by atoms with Gasteiger partial charge in [0, 0.05) is 11.3 Å². The fourth-order valence-corrected chi connectivity index (χ4v) is 2.42. The molecule has 25 heavy (non-hydrogen) atoms. The van der Waals surface area contributed by atoms with Gasteiger partial charge in [-0.25, -0.2) is 4.39 Å². The second kappa shape index (κ2) is 7.09. The van der Waals surface area contributed by atoms with Crippen LogP contribution >= 0.6 is 0 Å². The van der Waals surface area contributed by atoms with Crippen molar-refractivity contribution in [1.29, 1.82) is 0 Å². The van der Waals surface area contributed by atoms with Crippen LogP contribution in [0, 0.1) is 19.7 Å². The Morgan fingerprint density at radius 2 is 1.56 bits per heavy atom. The zero-order valence-corrected chi connectivity index (χ0v) is 13.9. The molecule has 1 aromatic heterocycles. The lowest BCUT2D eigenvalue weighted by molar-refractivity contribution is 0.102. The minimum absolute atomic E-state index is 0.222. The van der Waals surface area contributed by atoms with Gasteiger partial charge < -0.3 is 10.6 Å². The van der Waals surface area contributed by atoms with Crippen molar-refractivity contribution in [3.8, 4) is 0 Å². The van der Waals surface area contributed by atoms with E-state index in [0.717, 1.165) is 16.8 Å². The number of rotatable bonds is 4. The summed E-state index contributed by atoms with van der Waals surface area (Å²) in [5, 5.41) is 13.9. The fourth-order valence-electron chi connectivity index (χ4n) is 2.42. The third-order valence-corrected chi connectivity index (χ3v) is 3.73. The first-order valence-electron chi connectivity index (χ1n) is 7.77. The molecule has 0 radical (unpaired) electrons. The molecule has 6 heteroatoms. The maximum absolute atomic E-state index is 13.2. The number of carbonyl (C=O) groups is 1. The number of aryl methyl sites for hydroxylation is 2. The van der Waals surface area contributed by atoms with Gasteiger partial charge in [-0.1, -0.05) is 24.3 Å². The van der Waals surface area contributed by atoms with Crippen molar-refractivity contribution >= 4 is 23.2 Å². The Balaban J connectivity index is 1.71. The Hall–Kier alpha value is -3.28. The lowest BCUT2D eigenvalue weighted by atomic mass is 10.1. The van der Waals surface area contributed by atoms with Gasteiger partial charge in [-0.05, 0) is 55.3 Å². The van der Waals surface area contributed by atoms with Crippen LogP contribution in [0.5, 0.6) is 0 Å². The zero-order valence-electron chi connectivity index (χ0n) is 13.9. The summed E-state index contributed by atoms with van der Waals surface area (Å²) in [6.45, 7) is 4.02. The number of halogens is 1. The second-order valence-corrected chi connectivity index (χ2v) is 5.66. The van der Waals surface area contributed by atoms with E-state index in [-0.39, 0.29) is 5.56 Å². The van der Waals surface area contributed by atoms with E-state index < -0.39 is 11.7 Å². The maximum atomic E-state index is 13.2. The van der Waals surface area contributed by atoms with Gasteiger partial charge in [-0.15, -0.1) is 10.2 Å². The predicted molar refractivity (Wildman–Crippen MR) is 95.6 cm³/mol. The summed E-state index contributed by atoms with van der Waals surface area (Å²) in [4.78, 5) is 12.1. The van der Waals surface area contributed by atoms with Crippen LogP contribution < -0.4 is 10.6 Å². The number of nitrogens with one attached hydrogen (secondary N) is 2. The van der Waals surface area contributed by atoms with Gasteiger partial charge in [0.1, 0.15) is 5.82 Å². The third-order valence-electron chi connectivity index (χ3n) is 3.73. The van der Waals surface area contributed by atoms with E-state index in [1.54, 1.807) is 12.1 Å². The van der Waals surface area contributed by atoms with Gasteiger partial charge in [-0.2, -0.15) is 0 Å². The molecule has 1 amide bonds. The second-order valence-electron chi connectivity index (χ2n) is 5.66. The van der Waals surface area contributed by atoms with Crippen molar-refractivity contribution in [2.45, 2.75) is 13.8 Å². The number of anilines is 3. The normalized spacial score (nSPS) is 10.4. The highest BCUT2D eigenvalue weighted by atomic mass is 19.1. The first-order chi connectivity index (χ1) is 12.0. The van der Waals surface area contributed by atoms with Crippen LogP contribution in [0.25, 0.3) is 0 Å². The molecule has 0 bridgehead atoms. The Bertz CT molecular complexity index is 889. The van der Waals surface area contributed by atoms with Crippen molar-refractivity contribution in [3.63, 3.8) is 0 Å². The summed E-state index contributed by atoms with van der Waals surface area (Å²) >= 11 is 0. The van der Waals surface area contributed by atoms with Gasteiger partial charge in [0.15, 0.2) is 11.6 Å². The van der Waals surface area contributed by atoms with Gasteiger partial charge in [-0.3, -0.25) is 4.79 Å². The number of benzene rings is 2. The number of amides is 1. The van der Waals surface area contributed by atoms with Crippen LogP contribution in [0.4, 0.5) is 21.7 Å². The fraction of sp³-hybridized carbons (Fsp3) is 0.105. The Morgan fingerprint density at radius 3 is 2.20 bits per heavy atom. The molecule has 0 fully saturated rings. The van der Waals surface area contributed by atoms with Crippen LogP contribution in [0.2, 0.25) is 0 Å². The lowest BCUT2D eigenvalue weighted by Crippen LogP contribution is -2.13. The Kier molecular flexibility index (Phi) is 4.70. The molecule has 0 aliphatic heterocycles. The largest absolute Gasteiger partial charge is 0.338 e. The van der Waals surface area contributed by atoms with E-state index in [1.807, 2.05) is 32.0 Å². The molecule has 0 saturated heterocycles. The molecular formula is C19H17FN4O. The standard InChI is InChI=1S/C19H17FN4O/c1-12-5-3-6-13(2)18(12)21-16-9-10-17(24-23-16)22-19(25)14-7-4-8-15(20)11-14/h3-11H,1-2H3,(H,21,23)(H,22,24,25). The van der Waals surface area contributed by atoms with E-state index in [1.165, 1.54) is 24.3 Å². The molecule has 0 saturated carbocycles. The molecule has 2 N–H and O–H groups in total. The number of nitrogens with zero attached hydrogens (tertiary/aromatic N) is 2. The number of hydrogen-bond donors (Lipinski definition) is 2. The third kappa shape index (κ3) is 3.98. The van der Waals surface area contributed by atoms with Gasteiger partial charge in [0.25, 0.3) is 5.91 Å². The first-order valence-corrected chi connectivity index (χ1v) is 7.77. The number of aromatic nitrogens is 2. The Labute approximate surface area is 144 Å². The highest BCUT2D eigenvalue weighted by Crippen LogP contribution is 2.23. The molecule has 5 nitrogen and oxygen atoms in total. The van der Waals surface area contributed by atoms with E-state index in [0.29, 0.717) is 11.6 Å². The molecular weight excluding hydrogens is 319 g/mol. The number of hydrogen-bond acceptors (Lipinski definition) is 4. The summed E-state index contributed by atoms with van der Waals surface area (Å²) in [7, 11) is 0. The minimum atomic E-state index is -0.466. The van der Waals surface area contributed by atoms with E-state index in [9.17, 15) is 9.18 Å². The average molecular weight is 336 g/mol. The van der Waals surface area contributed by atoms with Crippen molar-refractivity contribution in [2.75, 3.05) is 10.6 Å². The first kappa shape index (κ1) is 16.6. The van der Waals surface area contributed by atoms with E-state index in [4.69, 9.17) is 0 Å². The van der Waals surface area contributed by atoms with Crippen LogP contribution in [0.3, 0.4) is 0 Å². The highest BCUT2D eigenvalue weighted by Gasteiger charge is 2.09. The van der Waals surface area contributed by atoms with Gasteiger partial charge >= 0.3 is 0 Å². The summed E-state index contributed by atoms with van der Waals surface area (Å²) in [6.07, 6.45) is 0. The molecule has 0 aliphatic rings. The summed E-state index contributed by atoms with van der Waals surface area (Å²) < 4.78 is 13.2. The van der Waals surface area contributed by atoms with Crippen molar-refractivity contribution in [1.82, 2.24) is 10.2 Å². The zero-order chi connectivity index (χ0) is 17.8. The molecule has 126 valence electrons. The smallest absolute Gasteiger partial charge is 0.256 e. The Morgan fingerprint density at radius 1 is 0.920 bits per heavy atom. The molecule has 1 heterocycles. The summed E-state index contributed by atoms with van der Waals surface area (Å²) in [5.74, 6) is -0.0430. The van der Waals surface area contributed by atoms with Crippen LogP contribution in [-0.4, -0.2) is 16.1 Å². The quantitative estimate of drug-likeness (QED) is 0.748. The SMILES string of the molecule is Cc1cccc(C)c1Nc1ccc(NC(=O)c2cccc(F)c2)nn1. The van der Waals surface area contributed by atoms with Crippen molar-refractivity contribution in [2.24, 2.45) is 0 Å². The minimum Gasteiger partial charge on any atom is -0.338 e. The molecule has 3 aromatic rings. The van der Waals surface area contributed by atoms with Crippen LogP contribution in [0.1, 0.15) is 21.5 Å². The monoisotopic (exact) mass is 336 g/mol. The van der Waals surface area contributed by atoms with Crippen LogP contribution in [0.15, 0.2) is 54.6 Å². The predicted octanol–water partition coefficient (Wildman–Crippen LogP) is 4.23. The van der Waals surface area contributed by atoms with Gasteiger partial charge in [0.2, 0.25) is 0 Å². The highest BCUT2D eigenvalue weighted by molar-refractivity contribution is 6.03.